The second kappa shape index (κ2) is 6.86. The predicted molar refractivity (Wildman–Crippen MR) is 81.9 cm³/mol. The van der Waals surface area contributed by atoms with E-state index in [1.165, 1.54) is 12.3 Å². The molecular formula is C15H16FN5O. The fraction of sp³-hybridized carbons (Fsp3) is 0.200. The van der Waals surface area contributed by atoms with E-state index in [0.29, 0.717) is 16.3 Å². The molecule has 1 aliphatic heterocycles. The lowest BCUT2D eigenvalue weighted by Crippen LogP contribution is -2.52. The maximum atomic E-state index is 12.9. The average Bonchev–Trinajstić information content (AvgIpc) is 2.52. The van der Waals surface area contributed by atoms with Crippen LogP contribution in [0.4, 0.5) is 4.39 Å². The Morgan fingerprint density at radius 2 is 2.27 bits per heavy atom. The van der Waals surface area contributed by atoms with Crippen molar-refractivity contribution in [2.45, 2.75) is 19.0 Å². The molecule has 0 aliphatic carbocycles. The van der Waals surface area contributed by atoms with Gasteiger partial charge in [0.25, 0.3) is 0 Å². The van der Waals surface area contributed by atoms with Crippen molar-refractivity contribution in [2.75, 3.05) is 0 Å². The molecule has 2 atom stereocenters. The lowest BCUT2D eigenvalue weighted by Gasteiger charge is -2.21. The number of primary amides is 1. The highest BCUT2D eigenvalue weighted by Gasteiger charge is 2.28. The molecule has 1 amide bonds. The molecule has 0 radical (unpaired) electrons. The minimum atomic E-state index is -0.868. The minimum absolute atomic E-state index is 0.453. The average molecular weight is 301 g/mol. The molecule has 0 saturated carbocycles. The zero-order valence-corrected chi connectivity index (χ0v) is 12.0. The normalized spacial score (nSPS) is 22.0. The van der Waals surface area contributed by atoms with Crippen molar-refractivity contribution in [3.63, 3.8) is 0 Å². The summed E-state index contributed by atoms with van der Waals surface area (Å²) in [7, 11) is 0. The van der Waals surface area contributed by atoms with Gasteiger partial charge in [0.15, 0.2) is 0 Å². The summed E-state index contributed by atoms with van der Waals surface area (Å²) >= 11 is 0. The van der Waals surface area contributed by atoms with Crippen LogP contribution in [0.1, 0.15) is 6.92 Å². The number of nitrogens with two attached hydrogens (primary N) is 2. The van der Waals surface area contributed by atoms with Crippen LogP contribution in [0.2, 0.25) is 0 Å². The van der Waals surface area contributed by atoms with Crippen LogP contribution in [0.5, 0.6) is 0 Å². The summed E-state index contributed by atoms with van der Waals surface area (Å²) in [6, 6.07) is 1.84. The summed E-state index contributed by atoms with van der Waals surface area (Å²) in [5.41, 5.74) is 12.0. The first-order valence-electron chi connectivity index (χ1n) is 6.64. The number of halogens is 1. The van der Waals surface area contributed by atoms with E-state index in [0.717, 1.165) is 6.21 Å². The SMILES string of the molecule is C/C=C(F)/C=N/C=C/C1=c2ncccc2=NC(C(N)=O)[C@H]1N. The first-order chi connectivity index (χ1) is 10.5. The number of hydrogen-bond acceptors (Lipinski definition) is 5. The number of allylic oxidation sites excluding steroid dienone is 2. The van der Waals surface area contributed by atoms with Crippen LogP contribution in [-0.4, -0.2) is 29.2 Å². The second-order valence-corrected chi connectivity index (χ2v) is 4.60. The number of pyridine rings is 1. The third-order valence-corrected chi connectivity index (χ3v) is 3.14. The number of nitrogens with zero attached hydrogens (tertiary/aromatic N) is 3. The Morgan fingerprint density at radius 1 is 1.50 bits per heavy atom. The molecule has 2 rings (SSSR count). The van der Waals surface area contributed by atoms with Gasteiger partial charge in [-0.3, -0.25) is 19.8 Å². The van der Waals surface area contributed by atoms with Gasteiger partial charge in [0.2, 0.25) is 5.91 Å². The van der Waals surface area contributed by atoms with Gasteiger partial charge in [0, 0.05) is 18.0 Å². The summed E-state index contributed by atoms with van der Waals surface area (Å²) in [5, 5.41) is 1.10. The van der Waals surface area contributed by atoms with E-state index in [4.69, 9.17) is 11.5 Å². The lowest BCUT2D eigenvalue weighted by molar-refractivity contribution is -0.119. The maximum Gasteiger partial charge on any atom is 0.244 e. The Balaban J connectivity index is 2.47. The van der Waals surface area contributed by atoms with E-state index in [9.17, 15) is 9.18 Å². The number of rotatable bonds is 4. The van der Waals surface area contributed by atoms with Gasteiger partial charge in [-0.25, -0.2) is 4.39 Å². The number of hydrogen-bond donors (Lipinski definition) is 2. The summed E-state index contributed by atoms with van der Waals surface area (Å²) in [5.74, 6) is -1.07. The van der Waals surface area contributed by atoms with Gasteiger partial charge in [-0.15, -0.1) is 0 Å². The molecule has 0 saturated heterocycles. The molecule has 0 bridgehead atoms. The molecule has 1 aromatic heterocycles. The highest BCUT2D eigenvalue weighted by molar-refractivity contribution is 5.85. The van der Waals surface area contributed by atoms with Crippen molar-refractivity contribution in [1.29, 1.82) is 0 Å². The Bertz CT molecular complexity index is 781. The Kier molecular flexibility index (Phi) is 4.90. The van der Waals surface area contributed by atoms with Gasteiger partial charge < -0.3 is 11.5 Å². The van der Waals surface area contributed by atoms with Crippen molar-refractivity contribution in [1.82, 2.24) is 4.98 Å². The van der Waals surface area contributed by atoms with Crippen molar-refractivity contribution in [3.05, 3.63) is 53.2 Å². The molecule has 6 nitrogen and oxygen atoms in total. The third-order valence-electron chi connectivity index (χ3n) is 3.14. The molecule has 0 aromatic carbocycles. The summed E-state index contributed by atoms with van der Waals surface area (Å²) < 4.78 is 12.9. The smallest absolute Gasteiger partial charge is 0.244 e. The number of fused-ring (bicyclic) bond motifs is 1. The molecule has 1 aromatic rings. The van der Waals surface area contributed by atoms with Gasteiger partial charge in [-0.1, -0.05) is 6.08 Å². The first-order valence-corrected chi connectivity index (χ1v) is 6.64. The van der Waals surface area contributed by atoms with E-state index in [1.807, 2.05) is 0 Å². The highest BCUT2D eigenvalue weighted by atomic mass is 19.1. The molecule has 0 fully saturated rings. The minimum Gasteiger partial charge on any atom is -0.368 e. The van der Waals surface area contributed by atoms with Crippen molar-refractivity contribution < 1.29 is 9.18 Å². The number of aliphatic imine (C=N–C) groups is 1. The summed E-state index contributed by atoms with van der Waals surface area (Å²) in [4.78, 5) is 23.7. The summed E-state index contributed by atoms with van der Waals surface area (Å²) in [6.07, 6.45) is 6.93. The molecule has 4 N–H and O–H groups in total. The molecule has 2 heterocycles. The van der Waals surface area contributed by atoms with Crippen LogP contribution < -0.4 is 22.2 Å². The standard InChI is InChI=1S/C15H16FN5O/c1-2-9(16)8-19-7-5-10-12(17)14(15(18)22)21-11-4-3-6-20-13(10)11/h2-8,12,14H,17H2,1H3,(H2,18,22)/b7-5+,9-2-,19-8+/t12-,14?/m0/s1. The molecule has 22 heavy (non-hydrogen) atoms. The Labute approximate surface area is 126 Å². The quantitative estimate of drug-likeness (QED) is 0.732. The van der Waals surface area contributed by atoms with Crippen molar-refractivity contribution in [3.8, 4) is 0 Å². The van der Waals surface area contributed by atoms with Gasteiger partial charge in [0.1, 0.15) is 11.9 Å². The zero-order chi connectivity index (χ0) is 16.1. The van der Waals surface area contributed by atoms with Gasteiger partial charge in [-0.2, -0.15) is 0 Å². The van der Waals surface area contributed by atoms with Crippen LogP contribution in [-0.2, 0) is 4.79 Å². The highest BCUT2D eigenvalue weighted by Crippen LogP contribution is 2.11. The Morgan fingerprint density at radius 3 is 2.95 bits per heavy atom. The fourth-order valence-electron chi connectivity index (χ4n) is 2.02. The fourth-order valence-corrected chi connectivity index (χ4v) is 2.02. The predicted octanol–water partition coefficient (Wildman–Crippen LogP) is -0.495. The van der Waals surface area contributed by atoms with Crippen LogP contribution in [0, 0.1) is 0 Å². The molecular weight excluding hydrogens is 285 g/mol. The maximum absolute atomic E-state index is 12.9. The first kappa shape index (κ1) is 15.7. The number of carbonyl (C=O) groups is 1. The van der Waals surface area contributed by atoms with Gasteiger partial charge >= 0.3 is 0 Å². The van der Waals surface area contributed by atoms with E-state index in [1.54, 1.807) is 31.3 Å². The van der Waals surface area contributed by atoms with Gasteiger partial charge in [0.05, 0.1) is 23.0 Å². The van der Waals surface area contributed by atoms with Crippen LogP contribution in [0.15, 0.2) is 52.5 Å². The van der Waals surface area contributed by atoms with Gasteiger partial charge in [-0.05, 0) is 25.1 Å². The lowest BCUT2D eigenvalue weighted by atomic mass is 9.96. The monoisotopic (exact) mass is 301 g/mol. The van der Waals surface area contributed by atoms with Crippen LogP contribution in [0.3, 0.4) is 0 Å². The number of aromatic nitrogens is 1. The molecule has 114 valence electrons. The topological polar surface area (TPSA) is 107 Å². The molecule has 7 heteroatoms. The van der Waals surface area contributed by atoms with Crippen molar-refractivity contribution in [2.24, 2.45) is 21.5 Å². The van der Waals surface area contributed by atoms with E-state index < -0.39 is 23.8 Å². The van der Waals surface area contributed by atoms with Crippen molar-refractivity contribution >= 4 is 17.7 Å². The summed E-state index contributed by atoms with van der Waals surface area (Å²) in [6.45, 7) is 1.57. The van der Waals surface area contributed by atoms with Crippen LogP contribution in [0.25, 0.3) is 5.57 Å². The second-order valence-electron chi connectivity index (χ2n) is 4.60. The Hall–Kier alpha value is -2.67. The largest absolute Gasteiger partial charge is 0.368 e. The van der Waals surface area contributed by atoms with E-state index >= 15 is 0 Å². The van der Waals surface area contributed by atoms with E-state index in [-0.39, 0.29) is 0 Å². The third kappa shape index (κ3) is 3.32. The molecule has 1 aliphatic rings. The zero-order valence-electron chi connectivity index (χ0n) is 12.0. The number of carbonyl (C=O) groups excluding carboxylic acids is 1. The number of amides is 1. The molecule has 0 spiro atoms. The van der Waals surface area contributed by atoms with E-state index in [2.05, 4.69) is 15.0 Å². The molecule has 1 unspecified atom stereocenters. The van der Waals surface area contributed by atoms with Crippen LogP contribution >= 0.6 is 0 Å².